The predicted molar refractivity (Wildman–Crippen MR) is 58.1 cm³/mol. The number of aryl methyl sites for hydroxylation is 1. The van der Waals surface area contributed by atoms with Gasteiger partial charge in [-0.2, -0.15) is 0 Å². The molecule has 0 bridgehead atoms. The minimum Gasteiger partial charge on any atom is -0.326 e. The lowest BCUT2D eigenvalue weighted by Gasteiger charge is -2.06. The van der Waals surface area contributed by atoms with Crippen LogP contribution in [0.5, 0.6) is 0 Å². The molecule has 0 radical (unpaired) electrons. The molecule has 0 aliphatic heterocycles. The predicted octanol–water partition coefficient (Wildman–Crippen LogP) is 2.81. The van der Waals surface area contributed by atoms with E-state index in [1.165, 1.54) is 22.7 Å². The van der Waals surface area contributed by atoms with E-state index in [-0.39, 0.29) is 0 Å². The van der Waals surface area contributed by atoms with E-state index in [1.54, 1.807) is 11.3 Å². The highest BCUT2D eigenvalue weighted by Crippen LogP contribution is 2.28. The number of nitrogens with two attached hydrogens (primary N) is 1. The van der Waals surface area contributed by atoms with Crippen LogP contribution >= 0.6 is 11.3 Å². The molecule has 0 fully saturated rings. The van der Waals surface area contributed by atoms with Crippen molar-refractivity contribution in [2.45, 2.75) is 46.1 Å². The van der Waals surface area contributed by atoms with Gasteiger partial charge in [0.25, 0.3) is 0 Å². The SMILES string of the molecule is CCC(CC)c1nc(C)c(CN)s1. The number of nitrogens with zero attached hydrogens (tertiary/aromatic N) is 1. The second-order valence-corrected chi connectivity index (χ2v) is 4.39. The van der Waals surface area contributed by atoms with Gasteiger partial charge in [-0.15, -0.1) is 11.3 Å². The zero-order valence-corrected chi connectivity index (χ0v) is 9.45. The topological polar surface area (TPSA) is 38.9 Å². The smallest absolute Gasteiger partial charge is 0.0962 e. The molecular formula is C10H18N2S. The Morgan fingerprint density at radius 2 is 2.00 bits per heavy atom. The molecule has 0 spiro atoms. The largest absolute Gasteiger partial charge is 0.326 e. The summed E-state index contributed by atoms with van der Waals surface area (Å²) in [5.41, 5.74) is 6.74. The monoisotopic (exact) mass is 198 g/mol. The Labute approximate surface area is 84.2 Å². The third-order valence-corrected chi connectivity index (χ3v) is 3.77. The number of hydrogen-bond acceptors (Lipinski definition) is 3. The summed E-state index contributed by atoms with van der Waals surface area (Å²) < 4.78 is 0. The van der Waals surface area contributed by atoms with Gasteiger partial charge in [0.15, 0.2) is 0 Å². The van der Waals surface area contributed by atoms with Gasteiger partial charge >= 0.3 is 0 Å². The van der Waals surface area contributed by atoms with Crippen LogP contribution in [0.1, 0.15) is 48.2 Å². The van der Waals surface area contributed by atoms with E-state index in [4.69, 9.17) is 5.73 Å². The van der Waals surface area contributed by atoms with Gasteiger partial charge < -0.3 is 5.73 Å². The van der Waals surface area contributed by atoms with E-state index in [9.17, 15) is 0 Å². The van der Waals surface area contributed by atoms with Gasteiger partial charge in [0.1, 0.15) is 0 Å². The Morgan fingerprint density at radius 3 is 2.38 bits per heavy atom. The lowest BCUT2D eigenvalue weighted by atomic mass is 10.1. The number of thiazole rings is 1. The van der Waals surface area contributed by atoms with Crippen molar-refractivity contribution < 1.29 is 0 Å². The fourth-order valence-corrected chi connectivity index (χ4v) is 2.66. The van der Waals surface area contributed by atoms with Crippen LogP contribution in [0, 0.1) is 6.92 Å². The van der Waals surface area contributed by atoms with Crippen LogP contribution in [0.2, 0.25) is 0 Å². The molecule has 0 saturated carbocycles. The van der Waals surface area contributed by atoms with Crippen LogP contribution in [-0.2, 0) is 6.54 Å². The molecule has 2 N–H and O–H groups in total. The standard InChI is InChI=1S/C10H18N2S/c1-4-8(5-2)10-12-7(3)9(6-11)13-10/h8H,4-6,11H2,1-3H3. The van der Waals surface area contributed by atoms with E-state index in [2.05, 4.69) is 18.8 Å². The molecule has 0 saturated heterocycles. The quantitative estimate of drug-likeness (QED) is 0.808. The van der Waals surface area contributed by atoms with E-state index in [1.807, 2.05) is 6.92 Å². The molecule has 3 heteroatoms. The highest BCUT2D eigenvalue weighted by Gasteiger charge is 2.13. The summed E-state index contributed by atoms with van der Waals surface area (Å²) >= 11 is 1.78. The lowest BCUT2D eigenvalue weighted by molar-refractivity contribution is 0.636. The summed E-state index contributed by atoms with van der Waals surface area (Å²) in [4.78, 5) is 5.80. The van der Waals surface area contributed by atoms with E-state index < -0.39 is 0 Å². The number of rotatable bonds is 4. The molecule has 1 rings (SSSR count). The van der Waals surface area contributed by atoms with Crippen molar-refractivity contribution in [3.8, 4) is 0 Å². The molecule has 1 aromatic rings. The molecule has 0 aromatic carbocycles. The second-order valence-electron chi connectivity index (χ2n) is 3.28. The molecule has 2 nitrogen and oxygen atoms in total. The van der Waals surface area contributed by atoms with E-state index in [0.29, 0.717) is 12.5 Å². The molecular weight excluding hydrogens is 180 g/mol. The minimum atomic E-state index is 0.629. The fraction of sp³-hybridized carbons (Fsp3) is 0.700. The molecule has 13 heavy (non-hydrogen) atoms. The van der Waals surface area contributed by atoms with Gasteiger partial charge in [-0.05, 0) is 19.8 Å². The highest BCUT2D eigenvalue weighted by molar-refractivity contribution is 7.11. The first-order valence-electron chi connectivity index (χ1n) is 4.89. The van der Waals surface area contributed by atoms with Gasteiger partial charge in [-0.3, -0.25) is 0 Å². The maximum atomic E-state index is 5.62. The third-order valence-electron chi connectivity index (χ3n) is 2.43. The van der Waals surface area contributed by atoms with Crippen molar-refractivity contribution in [3.05, 3.63) is 15.6 Å². The van der Waals surface area contributed by atoms with Crippen molar-refractivity contribution in [1.82, 2.24) is 4.98 Å². The second kappa shape index (κ2) is 4.72. The summed E-state index contributed by atoms with van der Waals surface area (Å²) in [6.07, 6.45) is 2.35. The first-order valence-corrected chi connectivity index (χ1v) is 5.70. The van der Waals surface area contributed by atoms with Gasteiger partial charge in [0, 0.05) is 17.3 Å². The van der Waals surface area contributed by atoms with Crippen molar-refractivity contribution in [2.24, 2.45) is 5.73 Å². The van der Waals surface area contributed by atoms with Crippen LogP contribution < -0.4 is 5.73 Å². The molecule has 0 aliphatic carbocycles. The molecule has 1 aromatic heterocycles. The lowest BCUT2D eigenvalue weighted by Crippen LogP contribution is -1.94. The van der Waals surface area contributed by atoms with Gasteiger partial charge in [0.05, 0.1) is 10.7 Å². The Morgan fingerprint density at radius 1 is 1.38 bits per heavy atom. The maximum Gasteiger partial charge on any atom is 0.0962 e. The van der Waals surface area contributed by atoms with Gasteiger partial charge in [0.2, 0.25) is 0 Å². The fourth-order valence-electron chi connectivity index (χ4n) is 1.45. The van der Waals surface area contributed by atoms with Crippen molar-refractivity contribution in [1.29, 1.82) is 0 Å². The normalized spacial score (nSPS) is 11.2. The van der Waals surface area contributed by atoms with Gasteiger partial charge in [-0.1, -0.05) is 13.8 Å². The van der Waals surface area contributed by atoms with Crippen molar-refractivity contribution in [2.75, 3.05) is 0 Å². The summed E-state index contributed by atoms with van der Waals surface area (Å²) in [7, 11) is 0. The van der Waals surface area contributed by atoms with Crippen LogP contribution in [0.3, 0.4) is 0 Å². The Kier molecular flexibility index (Phi) is 3.88. The molecule has 0 amide bonds. The van der Waals surface area contributed by atoms with Gasteiger partial charge in [-0.25, -0.2) is 4.98 Å². The average molecular weight is 198 g/mol. The molecule has 0 aliphatic rings. The average Bonchev–Trinajstić information content (AvgIpc) is 2.49. The minimum absolute atomic E-state index is 0.629. The maximum absolute atomic E-state index is 5.62. The molecule has 1 heterocycles. The van der Waals surface area contributed by atoms with Crippen LogP contribution in [0.25, 0.3) is 0 Å². The zero-order valence-electron chi connectivity index (χ0n) is 8.63. The summed E-state index contributed by atoms with van der Waals surface area (Å²) in [6, 6.07) is 0. The molecule has 0 atom stereocenters. The molecule has 74 valence electrons. The zero-order chi connectivity index (χ0) is 9.84. The van der Waals surface area contributed by atoms with Crippen LogP contribution in [-0.4, -0.2) is 4.98 Å². The molecule has 0 unspecified atom stereocenters. The van der Waals surface area contributed by atoms with Crippen LogP contribution in [0.15, 0.2) is 0 Å². The summed E-state index contributed by atoms with van der Waals surface area (Å²) in [6.45, 7) is 7.11. The first kappa shape index (κ1) is 10.7. The first-order chi connectivity index (χ1) is 6.22. The number of hydrogen-bond donors (Lipinski definition) is 1. The Balaban J connectivity index is 2.88. The Hall–Kier alpha value is -0.410. The third kappa shape index (κ3) is 2.29. The summed E-state index contributed by atoms with van der Waals surface area (Å²) in [5, 5.41) is 1.27. The van der Waals surface area contributed by atoms with Crippen LogP contribution in [0.4, 0.5) is 0 Å². The van der Waals surface area contributed by atoms with E-state index in [0.717, 1.165) is 5.69 Å². The van der Waals surface area contributed by atoms with Crippen molar-refractivity contribution in [3.63, 3.8) is 0 Å². The van der Waals surface area contributed by atoms with E-state index >= 15 is 0 Å². The Bertz CT molecular complexity index is 264. The number of aromatic nitrogens is 1. The van der Waals surface area contributed by atoms with Crippen molar-refractivity contribution >= 4 is 11.3 Å². The highest BCUT2D eigenvalue weighted by atomic mass is 32.1. The summed E-state index contributed by atoms with van der Waals surface area (Å²) in [5.74, 6) is 0.629.